The number of carbonyl (C=O) groups excluding carboxylic acids is 1. The van der Waals surface area contributed by atoms with Crippen molar-refractivity contribution in [1.29, 1.82) is 0 Å². The summed E-state index contributed by atoms with van der Waals surface area (Å²) in [7, 11) is 1.96. The van der Waals surface area contributed by atoms with Crippen LogP contribution in [-0.4, -0.2) is 37.0 Å². The maximum Gasteiger partial charge on any atom is 0.420 e. The van der Waals surface area contributed by atoms with Crippen LogP contribution in [-0.2, 0) is 6.18 Å². The molecule has 5 nitrogen and oxygen atoms in total. The van der Waals surface area contributed by atoms with E-state index in [1.54, 1.807) is 19.1 Å². The summed E-state index contributed by atoms with van der Waals surface area (Å²) in [5, 5.41) is 2.85. The number of halogens is 4. The molecule has 1 aliphatic rings. The third kappa shape index (κ3) is 7.78. The summed E-state index contributed by atoms with van der Waals surface area (Å²) in [6.07, 6.45) is -0.103. The van der Waals surface area contributed by atoms with Crippen LogP contribution in [0.5, 0.6) is 5.75 Å². The van der Waals surface area contributed by atoms with Crippen molar-refractivity contribution in [1.82, 2.24) is 4.90 Å². The minimum atomic E-state index is -4.65. The van der Waals surface area contributed by atoms with E-state index in [0.29, 0.717) is 34.7 Å². The van der Waals surface area contributed by atoms with Crippen LogP contribution in [0.4, 0.5) is 18.9 Å². The Morgan fingerprint density at radius 2 is 1.92 bits per heavy atom. The molecule has 3 rings (SSSR count). The fourth-order valence-electron chi connectivity index (χ4n) is 3.75. The van der Waals surface area contributed by atoms with Crippen LogP contribution in [0.3, 0.4) is 0 Å². The van der Waals surface area contributed by atoms with Crippen molar-refractivity contribution < 1.29 is 22.7 Å². The number of hydrogen-bond acceptors (Lipinski definition) is 4. The highest BCUT2D eigenvalue weighted by Crippen LogP contribution is 2.39. The molecule has 196 valence electrons. The van der Waals surface area contributed by atoms with Crippen LogP contribution in [0, 0.1) is 11.8 Å². The molecule has 1 heterocycles. The predicted octanol–water partition coefficient (Wildman–Crippen LogP) is 6.24. The molecule has 1 aliphatic heterocycles. The van der Waals surface area contributed by atoms with Crippen LogP contribution in [0.15, 0.2) is 59.8 Å². The summed E-state index contributed by atoms with van der Waals surface area (Å²) in [4.78, 5) is 15.0. The number of carbonyl (C=O) groups is 1. The zero-order valence-electron chi connectivity index (χ0n) is 20.9. The zero-order chi connectivity index (χ0) is 27.2. The lowest BCUT2D eigenvalue weighted by molar-refractivity contribution is -0.139. The molecule has 3 N–H and O–H groups in total. The molecule has 0 unspecified atom stereocenters. The molecule has 37 heavy (non-hydrogen) atoms. The van der Waals surface area contributed by atoms with Crippen LogP contribution in [0.25, 0.3) is 0 Å². The molecule has 0 bridgehead atoms. The maximum atomic E-state index is 13.8. The second kappa shape index (κ2) is 12.2. The van der Waals surface area contributed by atoms with Gasteiger partial charge in [-0.3, -0.25) is 4.79 Å². The highest BCUT2D eigenvalue weighted by Gasteiger charge is 2.36. The van der Waals surface area contributed by atoms with Crippen molar-refractivity contribution in [2.24, 2.45) is 5.73 Å². The van der Waals surface area contributed by atoms with E-state index >= 15 is 0 Å². The topological polar surface area (TPSA) is 67.6 Å². The van der Waals surface area contributed by atoms with E-state index in [0.717, 1.165) is 19.2 Å². The Balaban J connectivity index is 1.82. The van der Waals surface area contributed by atoms with E-state index in [1.165, 1.54) is 30.3 Å². The number of ether oxygens (including phenoxy) is 1. The Kier molecular flexibility index (Phi) is 9.30. The van der Waals surface area contributed by atoms with Gasteiger partial charge in [-0.15, -0.1) is 0 Å². The number of nitrogens with one attached hydrogen (secondary N) is 1. The number of hydrogen-bond donors (Lipinski definition) is 2. The van der Waals surface area contributed by atoms with Crippen molar-refractivity contribution in [3.8, 4) is 17.6 Å². The lowest BCUT2D eigenvalue weighted by atomic mass is 10.1. The van der Waals surface area contributed by atoms with Gasteiger partial charge in [0.15, 0.2) is 0 Å². The Labute approximate surface area is 220 Å². The van der Waals surface area contributed by atoms with E-state index in [4.69, 9.17) is 22.1 Å². The van der Waals surface area contributed by atoms with Gasteiger partial charge in [0.2, 0.25) is 0 Å². The van der Waals surface area contributed by atoms with Crippen LogP contribution >= 0.6 is 11.6 Å². The van der Waals surface area contributed by atoms with E-state index in [2.05, 4.69) is 22.1 Å². The van der Waals surface area contributed by atoms with Gasteiger partial charge in [0.25, 0.3) is 5.91 Å². The molecule has 2 aromatic rings. The van der Waals surface area contributed by atoms with Crippen molar-refractivity contribution in [2.75, 3.05) is 25.5 Å². The quantitative estimate of drug-likeness (QED) is 0.354. The molecular formula is C28H29ClF3N3O2. The number of piperidine rings is 1. The first-order valence-electron chi connectivity index (χ1n) is 11.8. The first-order chi connectivity index (χ1) is 17.5. The van der Waals surface area contributed by atoms with Gasteiger partial charge in [-0.05, 0) is 76.2 Å². The Morgan fingerprint density at radius 1 is 1.22 bits per heavy atom. The normalized spacial score (nSPS) is 15.6. The molecule has 1 amide bonds. The van der Waals surface area contributed by atoms with Gasteiger partial charge in [0.1, 0.15) is 11.9 Å². The number of amides is 1. The molecular weight excluding hydrogens is 503 g/mol. The summed E-state index contributed by atoms with van der Waals surface area (Å²) in [5.74, 6) is 4.97. The monoisotopic (exact) mass is 531 g/mol. The minimum absolute atomic E-state index is 0.00676. The SMILES string of the molecule is C/C=C\C(C#Cc1cc(C(=O)Nc2ccc(OC3CCN(C)CC3)c(C(F)(F)F)c2)ccc1Cl)=C(/C)N. The summed E-state index contributed by atoms with van der Waals surface area (Å²) in [6.45, 7) is 5.06. The molecule has 1 fully saturated rings. The molecule has 0 atom stereocenters. The lowest BCUT2D eigenvalue weighted by Crippen LogP contribution is -2.36. The molecule has 0 aromatic heterocycles. The molecule has 0 aliphatic carbocycles. The summed E-state index contributed by atoms with van der Waals surface area (Å²) < 4.78 is 47.2. The first-order valence-corrected chi connectivity index (χ1v) is 12.1. The molecule has 0 radical (unpaired) electrons. The van der Waals surface area contributed by atoms with Crippen LogP contribution in [0.2, 0.25) is 5.02 Å². The van der Waals surface area contributed by atoms with Crippen molar-refractivity contribution in [3.05, 3.63) is 81.5 Å². The van der Waals surface area contributed by atoms with E-state index in [9.17, 15) is 18.0 Å². The number of nitrogens with two attached hydrogens (primary N) is 1. The van der Waals surface area contributed by atoms with Crippen molar-refractivity contribution >= 4 is 23.2 Å². The average molecular weight is 532 g/mol. The number of likely N-dealkylation sites (tertiary alicyclic amines) is 1. The largest absolute Gasteiger partial charge is 0.490 e. The van der Waals surface area contributed by atoms with Crippen LogP contribution < -0.4 is 15.8 Å². The standard InChI is InChI=1S/C28H29ClF3N3O2/c1-4-5-19(18(2)33)6-7-20-16-21(8-10-25(20)29)27(36)34-22-9-11-26(24(17-22)28(30,31)32)37-23-12-14-35(3)15-13-23/h4-5,8-11,16-17,23H,12-15,33H2,1-3H3,(H,34,36)/b5-4-,19-18-. The first kappa shape index (κ1) is 28.2. The third-order valence-corrected chi connectivity index (χ3v) is 6.15. The van der Waals surface area contributed by atoms with Gasteiger partial charge < -0.3 is 20.7 Å². The fourth-order valence-corrected chi connectivity index (χ4v) is 3.92. The number of alkyl halides is 3. The van der Waals surface area contributed by atoms with Crippen molar-refractivity contribution in [3.63, 3.8) is 0 Å². The number of rotatable bonds is 5. The van der Waals surface area contributed by atoms with Gasteiger partial charge in [-0.25, -0.2) is 0 Å². The second-order valence-corrected chi connectivity index (χ2v) is 9.23. The zero-order valence-corrected chi connectivity index (χ0v) is 21.6. The van der Waals surface area contributed by atoms with E-state index < -0.39 is 17.6 Å². The Hall–Kier alpha value is -3.41. The lowest BCUT2D eigenvalue weighted by Gasteiger charge is -2.30. The molecule has 0 saturated carbocycles. The predicted molar refractivity (Wildman–Crippen MR) is 141 cm³/mol. The molecule has 1 saturated heterocycles. The molecule has 0 spiro atoms. The highest BCUT2D eigenvalue weighted by atomic mass is 35.5. The Morgan fingerprint density at radius 3 is 2.54 bits per heavy atom. The maximum absolute atomic E-state index is 13.8. The van der Waals surface area contributed by atoms with Gasteiger partial charge >= 0.3 is 6.18 Å². The van der Waals surface area contributed by atoms with Gasteiger partial charge in [0.05, 0.1) is 10.6 Å². The minimum Gasteiger partial charge on any atom is -0.490 e. The fraction of sp³-hybridized carbons (Fsp3) is 0.321. The number of anilines is 1. The average Bonchev–Trinajstić information content (AvgIpc) is 2.84. The Bertz CT molecular complexity index is 1260. The third-order valence-electron chi connectivity index (χ3n) is 5.82. The van der Waals surface area contributed by atoms with Gasteiger partial charge in [-0.2, -0.15) is 13.2 Å². The number of nitrogens with zero attached hydrogens (tertiary/aromatic N) is 1. The van der Waals surface area contributed by atoms with E-state index in [-0.39, 0.29) is 23.1 Å². The second-order valence-electron chi connectivity index (χ2n) is 8.82. The summed E-state index contributed by atoms with van der Waals surface area (Å²) in [6, 6.07) is 7.99. The summed E-state index contributed by atoms with van der Waals surface area (Å²) >= 11 is 6.24. The van der Waals surface area contributed by atoms with E-state index in [1.807, 2.05) is 14.0 Å². The highest BCUT2D eigenvalue weighted by molar-refractivity contribution is 6.32. The smallest absolute Gasteiger partial charge is 0.420 e. The summed E-state index contributed by atoms with van der Waals surface area (Å²) in [5.41, 5.74) is 6.60. The van der Waals surface area contributed by atoms with Gasteiger partial charge in [0, 0.05) is 41.2 Å². The van der Waals surface area contributed by atoms with Crippen molar-refractivity contribution in [2.45, 2.75) is 39.0 Å². The molecule has 2 aromatic carbocycles. The number of benzene rings is 2. The molecule has 9 heteroatoms. The van der Waals surface area contributed by atoms with Crippen LogP contribution in [0.1, 0.15) is 48.2 Å². The number of allylic oxidation sites excluding steroid dienone is 4. The van der Waals surface area contributed by atoms with Gasteiger partial charge in [-0.1, -0.05) is 29.5 Å².